The Hall–Kier alpha value is -2.42. The van der Waals surface area contributed by atoms with Crippen LogP contribution >= 0.6 is 0 Å². The first kappa shape index (κ1) is 21.3. The Morgan fingerprint density at radius 1 is 1.14 bits per heavy atom. The summed E-state index contributed by atoms with van der Waals surface area (Å²) in [6.45, 7) is 1.13. The fraction of sp³-hybridized carbons (Fsp3) is 0.381. The molecule has 156 valence electrons. The van der Waals surface area contributed by atoms with Gasteiger partial charge in [-0.3, -0.25) is 4.79 Å². The fourth-order valence-electron chi connectivity index (χ4n) is 3.01. The molecule has 0 spiro atoms. The maximum Gasteiger partial charge on any atom is 0.251 e. The smallest absolute Gasteiger partial charge is 0.251 e. The number of rotatable bonds is 9. The lowest BCUT2D eigenvalue weighted by Gasteiger charge is -2.15. The number of nitrogens with zero attached hydrogens (tertiary/aromatic N) is 1. The molecule has 29 heavy (non-hydrogen) atoms. The van der Waals surface area contributed by atoms with Crippen molar-refractivity contribution in [2.24, 2.45) is 0 Å². The van der Waals surface area contributed by atoms with Gasteiger partial charge in [-0.2, -0.15) is 0 Å². The molecular formula is C21H27N3O4S. The molecule has 7 nitrogen and oxygen atoms in total. The summed E-state index contributed by atoms with van der Waals surface area (Å²) in [5.74, 6) is -0.124. The maximum absolute atomic E-state index is 12.7. The van der Waals surface area contributed by atoms with Crippen LogP contribution in [-0.4, -0.2) is 46.5 Å². The molecule has 1 amide bonds. The summed E-state index contributed by atoms with van der Waals surface area (Å²) < 4.78 is 33.1. The van der Waals surface area contributed by atoms with Gasteiger partial charge in [0.25, 0.3) is 5.91 Å². The molecule has 0 radical (unpaired) electrons. The summed E-state index contributed by atoms with van der Waals surface area (Å²) >= 11 is 0. The number of nitrogens with one attached hydrogen (secondary N) is 2. The van der Waals surface area contributed by atoms with E-state index >= 15 is 0 Å². The predicted octanol–water partition coefficient (Wildman–Crippen LogP) is 2.13. The summed E-state index contributed by atoms with van der Waals surface area (Å²) in [5, 5.41) is 2.88. The van der Waals surface area contributed by atoms with Crippen LogP contribution in [0.3, 0.4) is 0 Å². The number of carbonyl (C=O) groups is 1. The Kier molecular flexibility index (Phi) is 6.56. The molecular weight excluding hydrogens is 390 g/mol. The van der Waals surface area contributed by atoms with Crippen LogP contribution in [0.5, 0.6) is 5.75 Å². The zero-order valence-corrected chi connectivity index (χ0v) is 17.8. The standard InChI is InChI=1S/C21H27N3O4S/c1-24(2)14-17-7-5-4-6-16(17)13-22-21(25)15-8-11-19(28-3)20(12-15)29(26,27)23-18-9-10-18/h4-8,11-12,18,23H,9-10,13-14H2,1-3H3,(H,22,25). The van der Waals surface area contributed by atoms with Crippen molar-refractivity contribution in [3.05, 3.63) is 59.2 Å². The molecule has 2 aromatic carbocycles. The van der Waals surface area contributed by atoms with E-state index in [1.807, 2.05) is 38.4 Å². The van der Waals surface area contributed by atoms with Gasteiger partial charge in [0.1, 0.15) is 10.6 Å². The highest BCUT2D eigenvalue weighted by Gasteiger charge is 2.30. The Morgan fingerprint density at radius 3 is 2.45 bits per heavy atom. The molecule has 0 unspecified atom stereocenters. The van der Waals surface area contributed by atoms with Gasteiger partial charge in [-0.1, -0.05) is 24.3 Å². The Morgan fingerprint density at radius 2 is 1.83 bits per heavy atom. The molecule has 8 heteroatoms. The van der Waals surface area contributed by atoms with E-state index in [2.05, 4.69) is 14.9 Å². The summed E-state index contributed by atoms with van der Waals surface area (Å²) in [5.41, 5.74) is 2.42. The number of hydrogen-bond acceptors (Lipinski definition) is 5. The minimum absolute atomic E-state index is 0.0208. The van der Waals surface area contributed by atoms with Gasteiger partial charge >= 0.3 is 0 Å². The summed E-state index contributed by atoms with van der Waals surface area (Å²) in [6, 6.07) is 12.3. The first-order chi connectivity index (χ1) is 13.8. The molecule has 0 aromatic heterocycles. The second-order valence-electron chi connectivity index (χ2n) is 7.45. The minimum Gasteiger partial charge on any atom is -0.495 e. The van der Waals surface area contributed by atoms with Gasteiger partial charge in [0.05, 0.1) is 7.11 Å². The van der Waals surface area contributed by atoms with Crippen LogP contribution in [-0.2, 0) is 23.1 Å². The molecule has 3 rings (SSSR count). The third-order valence-corrected chi connectivity index (χ3v) is 6.20. The van der Waals surface area contributed by atoms with Crippen molar-refractivity contribution in [2.75, 3.05) is 21.2 Å². The van der Waals surface area contributed by atoms with Crippen molar-refractivity contribution in [1.29, 1.82) is 0 Å². The molecule has 2 aromatic rings. The predicted molar refractivity (Wildman–Crippen MR) is 111 cm³/mol. The van der Waals surface area contributed by atoms with Crippen LogP contribution in [0.25, 0.3) is 0 Å². The van der Waals surface area contributed by atoms with Gasteiger partial charge in [-0.05, 0) is 56.3 Å². The number of hydrogen-bond donors (Lipinski definition) is 2. The van der Waals surface area contributed by atoms with Crippen LogP contribution in [0.15, 0.2) is 47.4 Å². The number of carbonyl (C=O) groups excluding carboxylic acids is 1. The SMILES string of the molecule is COc1ccc(C(=O)NCc2ccccc2CN(C)C)cc1S(=O)(=O)NC1CC1. The van der Waals surface area contributed by atoms with Crippen molar-refractivity contribution in [1.82, 2.24) is 14.9 Å². The summed E-state index contributed by atoms with van der Waals surface area (Å²) in [6.07, 6.45) is 1.65. The number of benzene rings is 2. The quantitative estimate of drug-likeness (QED) is 0.653. The maximum atomic E-state index is 12.7. The lowest BCUT2D eigenvalue weighted by atomic mass is 10.1. The second-order valence-corrected chi connectivity index (χ2v) is 9.13. The number of methoxy groups -OCH3 is 1. The molecule has 1 saturated carbocycles. The highest BCUT2D eigenvalue weighted by atomic mass is 32.2. The van der Waals surface area contributed by atoms with E-state index in [1.165, 1.54) is 19.2 Å². The van der Waals surface area contributed by atoms with E-state index in [-0.39, 0.29) is 28.2 Å². The van der Waals surface area contributed by atoms with Crippen molar-refractivity contribution in [3.8, 4) is 5.75 Å². The highest BCUT2D eigenvalue weighted by Crippen LogP contribution is 2.28. The average Bonchev–Trinajstić information content (AvgIpc) is 3.49. The lowest BCUT2D eigenvalue weighted by molar-refractivity contribution is 0.0950. The van der Waals surface area contributed by atoms with E-state index < -0.39 is 10.0 Å². The summed E-state index contributed by atoms with van der Waals surface area (Å²) in [4.78, 5) is 14.7. The first-order valence-electron chi connectivity index (χ1n) is 9.50. The molecule has 1 fully saturated rings. The second kappa shape index (κ2) is 8.94. The van der Waals surface area contributed by atoms with E-state index in [4.69, 9.17) is 4.74 Å². The molecule has 0 bridgehead atoms. The van der Waals surface area contributed by atoms with Crippen LogP contribution in [0, 0.1) is 0 Å². The van der Waals surface area contributed by atoms with Gasteiger partial charge in [-0.25, -0.2) is 13.1 Å². The minimum atomic E-state index is -3.74. The lowest BCUT2D eigenvalue weighted by Crippen LogP contribution is -2.27. The van der Waals surface area contributed by atoms with Crippen molar-refractivity contribution in [3.63, 3.8) is 0 Å². The van der Waals surface area contributed by atoms with Crippen LogP contribution in [0.1, 0.15) is 34.3 Å². The third-order valence-electron chi connectivity index (χ3n) is 4.66. The molecule has 0 heterocycles. The number of ether oxygens (including phenoxy) is 1. The topological polar surface area (TPSA) is 87.7 Å². The van der Waals surface area contributed by atoms with Crippen LogP contribution < -0.4 is 14.8 Å². The first-order valence-corrected chi connectivity index (χ1v) is 11.0. The van der Waals surface area contributed by atoms with E-state index in [0.717, 1.165) is 30.5 Å². The van der Waals surface area contributed by atoms with Crippen LogP contribution in [0.2, 0.25) is 0 Å². The molecule has 1 aliphatic rings. The Labute approximate surface area is 172 Å². The van der Waals surface area contributed by atoms with Gasteiger partial charge in [0.2, 0.25) is 10.0 Å². The zero-order chi connectivity index (χ0) is 21.0. The zero-order valence-electron chi connectivity index (χ0n) is 16.9. The largest absolute Gasteiger partial charge is 0.495 e. The van der Waals surface area contributed by atoms with Gasteiger partial charge in [0.15, 0.2) is 0 Å². The Balaban J connectivity index is 1.77. The summed E-state index contributed by atoms with van der Waals surface area (Å²) in [7, 11) is 1.65. The molecule has 0 atom stereocenters. The van der Waals surface area contributed by atoms with Gasteiger partial charge in [-0.15, -0.1) is 0 Å². The van der Waals surface area contributed by atoms with E-state index in [9.17, 15) is 13.2 Å². The van der Waals surface area contributed by atoms with Gasteiger partial charge < -0.3 is 15.0 Å². The number of amides is 1. The van der Waals surface area contributed by atoms with Crippen LogP contribution in [0.4, 0.5) is 0 Å². The van der Waals surface area contributed by atoms with Gasteiger partial charge in [0, 0.05) is 24.7 Å². The molecule has 0 saturated heterocycles. The average molecular weight is 418 g/mol. The van der Waals surface area contributed by atoms with Crippen molar-refractivity contribution >= 4 is 15.9 Å². The monoisotopic (exact) mass is 417 g/mol. The number of sulfonamides is 1. The molecule has 1 aliphatic carbocycles. The van der Waals surface area contributed by atoms with E-state index in [0.29, 0.717) is 6.54 Å². The van der Waals surface area contributed by atoms with Crippen molar-refractivity contribution in [2.45, 2.75) is 36.9 Å². The van der Waals surface area contributed by atoms with Crippen molar-refractivity contribution < 1.29 is 17.9 Å². The molecule has 0 aliphatic heterocycles. The third kappa shape index (κ3) is 5.56. The normalized spacial score (nSPS) is 14.1. The fourth-order valence-corrected chi connectivity index (χ4v) is 4.51. The molecule has 2 N–H and O–H groups in total. The van der Waals surface area contributed by atoms with E-state index in [1.54, 1.807) is 6.07 Å². The highest BCUT2D eigenvalue weighted by molar-refractivity contribution is 7.89. The Bertz CT molecular complexity index is 985.